The molecule has 0 bridgehead atoms. The number of nitrogens with zero attached hydrogens (tertiary/aromatic N) is 1. The SMILES string of the molecule is CC/C=C\C/C=C\C/C=C\C/C=C\C/C=C\C/C=C\C/C=C\C/C=C\C/C=C\CCCCCCCCCCCCCC(=O)OC(COC(=O)CCCCCCCCCCCCCCCCCCCCCCCCCCCCCCCCCCCCCC)COP(=O)(O)OCC[N+](C)(C)C. The van der Waals surface area contributed by atoms with Gasteiger partial charge in [-0.2, -0.15) is 0 Å². The lowest BCUT2D eigenvalue weighted by molar-refractivity contribution is -0.870. The van der Waals surface area contributed by atoms with E-state index in [2.05, 4.69) is 123 Å². The molecule has 0 spiro atoms. The molecule has 0 aliphatic carbocycles. The second kappa shape index (κ2) is 78.8. The third kappa shape index (κ3) is 83.5. The van der Waals surface area contributed by atoms with Crippen molar-refractivity contribution in [3.63, 3.8) is 0 Å². The number of carbonyl (C=O) groups is 2. The second-order valence-corrected chi connectivity index (χ2v) is 30.9. The van der Waals surface area contributed by atoms with Crippen LogP contribution < -0.4 is 0 Å². The van der Waals surface area contributed by atoms with E-state index in [1.807, 2.05) is 21.1 Å². The van der Waals surface area contributed by atoms with Gasteiger partial charge in [0.05, 0.1) is 27.7 Å². The molecule has 0 aliphatic heterocycles. The monoisotopic (exact) mass is 1400 g/mol. The Morgan fingerprint density at radius 3 is 0.859 bits per heavy atom. The molecule has 0 saturated heterocycles. The zero-order chi connectivity index (χ0) is 71.8. The molecule has 10 heteroatoms. The number of carbonyl (C=O) groups excluding carboxylic acids is 2. The molecule has 0 radical (unpaired) electrons. The summed E-state index contributed by atoms with van der Waals surface area (Å²) in [6, 6.07) is 0. The minimum Gasteiger partial charge on any atom is -0.462 e. The molecular formula is C89H161NO8P+. The Hall–Kier alpha value is -3.33. The fourth-order valence-corrected chi connectivity index (χ4v) is 12.9. The number of esters is 2. The Kier molecular flexibility index (Phi) is 76.1. The molecule has 0 saturated carbocycles. The summed E-state index contributed by atoms with van der Waals surface area (Å²) in [6.45, 7) is 4.37. The van der Waals surface area contributed by atoms with Gasteiger partial charge in [-0.05, 0) is 83.5 Å². The van der Waals surface area contributed by atoms with Gasteiger partial charge in [-0.15, -0.1) is 0 Å². The van der Waals surface area contributed by atoms with Crippen LogP contribution in [-0.2, 0) is 32.7 Å². The molecule has 0 heterocycles. The molecule has 0 aromatic rings. The first kappa shape index (κ1) is 95.7. The van der Waals surface area contributed by atoms with Crippen molar-refractivity contribution in [1.82, 2.24) is 0 Å². The molecule has 1 N–H and O–H groups in total. The van der Waals surface area contributed by atoms with E-state index in [9.17, 15) is 19.0 Å². The summed E-state index contributed by atoms with van der Waals surface area (Å²) in [4.78, 5) is 36.0. The van der Waals surface area contributed by atoms with Crippen molar-refractivity contribution in [2.75, 3.05) is 47.5 Å². The van der Waals surface area contributed by atoms with Crippen molar-refractivity contribution in [3.05, 3.63) is 109 Å². The number of ether oxygens (including phenoxy) is 2. The maximum absolute atomic E-state index is 12.9. The highest BCUT2D eigenvalue weighted by Gasteiger charge is 2.27. The van der Waals surface area contributed by atoms with Gasteiger partial charge in [-0.25, -0.2) is 4.57 Å². The number of hydrogen-bond donors (Lipinski definition) is 1. The van der Waals surface area contributed by atoms with Crippen molar-refractivity contribution in [3.8, 4) is 0 Å². The van der Waals surface area contributed by atoms with Crippen LogP contribution in [0.2, 0.25) is 0 Å². The van der Waals surface area contributed by atoms with E-state index in [1.165, 1.54) is 257 Å². The summed E-state index contributed by atoms with van der Waals surface area (Å²) in [7, 11) is 1.48. The summed E-state index contributed by atoms with van der Waals surface area (Å²) >= 11 is 0. The molecule has 99 heavy (non-hydrogen) atoms. The summed E-state index contributed by atoms with van der Waals surface area (Å²) in [6.07, 6.45) is 113. The van der Waals surface area contributed by atoms with E-state index in [4.69, 9.17) is 18.5 Å². The number of rotatable bonds is 78. The largest absolute Gasteiger partial charge is 0.472 e. The maximum Gasteiger partial charge on any atom is 0.472 e. The van der Waals surface area contributed by atoms with E-state index >= 15 is 0 Å². The average Bonchev–Trinajstić information content (AvgIpc) is 0.989. The maximum atomic E-state index is 12.9. The van der Waals surface area contributed by atoms with E-state index < -0.39 is 26.5 Å². The highest BCUT2D eigenvalue weighted by molar-refractivity contribution is 7.47. The van der Waals surface area contributed by atoms with Crippen molar-refractivity contribution in [2.45, 2.75) is 399 Å². The zero-order valence-corrected chi connectivity index (χ0v) is 66.6. The number of unbranched alkanes of at least 4 members (excludes halogenated alkanes) is 46. The highest BCUT2D eigenvalue weighted by atomic mass is 31.2. The minimum absolute atomic E-state index is 0.0291. The fourth-order valence-electron chi connectivity index (χ4n) is 12.2. The summed E-state index contributed by atoms with van der Waals surface area (Å²) < 4.78 is 34.9. The Balaban J connectivity index is 3.96. The molecule has 9 nitrogen and oxygen atoms in total. The number of likely N-dealkylation sites (N-methyl/N-ethyl adjacent to an activating group) is 1. The Labute approximate surface area is 614 Å². The number of quaternary nitrogens is 1. The van der Waals surface area contributed by atoms with Crippen LogP contribution >= 0.6 is 7.82 Å². The van der Waals surface area contributed by atoms with Crippen LogP contribution in [0.25, 0.3) is 0 Å². The van der Waals surface area contributed by atoms with E-state index in [0.29, 0.717) is 17.4 Å². The summed E-state index contributed by atoms with van der Waals surface area (Å²) in [5.41, 5.74) is 0. The van der Waals surface area contributed by atoms with Gasteiger partial charge in [0.2, 0.25) is 0 Å². The third-order valence-electron chi connectivity index (χ3n) is 18.6. The van der Waals surface area contributed by atoms with Crippen molar-refractivity contribution in [2.24, 2.45) is 0 Å². The molecule has 0 fully saturated rings. The minimum atomic E-state index is -4.40. The first-order valence-electron chi connectivity index (χ1n) is 42.1. The molecule has 0 amide bonds. The number of allylic oxidation sites excluding steroid dienone is 18. The lowest BCUT2D eigenvalue weighted by atomic mass is 10.0. The van der Waals surface area contributed by atoms with E-state index in [1.54, 1.807) is 0 Å². The van der Waals surface area contributed by atoms with Gasteiger partial charge in [0, 0.05) is 12.8 Å². The van der Waals surface area contributed by atoms with Crippen molar-refractivity contribution < 1.29 is 42.1 Å². The van der Waals surface area contributed by atoms with Gasteiger partial charge in [0.25, 0.3) is 0 Å². The van der Waals surface area contributed by atoms with Crippen LogP contribution in [0.15, 0.2) is 109 Å². The first-order valence-corrected chi connectivity index (χ1v) is 43.6. The lowest BCUT2D eigenvalue weighted by Gasteiger charge is -2.24. The van der Waals surface area contributed by atoms with Crippen LogP contribution in [-0.4, -0.2) is 74.9 Å². The van der Waals surface area contributed by atoms with Crippen LogP contribution in [0.1, 0.15) is 393 Å². The van der Waals surface area contributed by atoms with E-state index in [0.717, 1.165) is 103 Å². The molecule has 0 aliphatic rings. The molecule has 0 aromatic carbocycles. The van der Waals surface area contributed by atoms with Gasteiger partial charge in [0.15, 0.2) is 6.10 Å². The second-order valence-electron chi connectivity index (χ2n) is 29.5. The lowest BCUT2D eigenvalue weighted by Crippen LogP contribution is -2.37. The predicted molar refractivity (Wildman–Crippen MR) is 431 cm³/mol. The first-order chi connectivity index (χ1) is 48.5. The van der Waals surface area contributed by atoms with Crippen LogP contribution in [0.3, 0.4) is 0 Å². The standard InChI is InChI=1S/C89H160NO8P/c1-6-8-10-12-14-16-18-20-22-24-26-28-30-32-34-36-38-40-42-44-45-46-48-50-52-54-56-58-60-62-64-66-68-70-72-74-76-78-80-82-89(92)98-87(86-97-99(93,94)96-84-83-90(3,4)5)85-95-88(91)81-79-77-75-73-71-69-67-65-63-61-59-57-55-53-51-49-47-43-41-39-37-35-33-31-29-27-25-23-21-19-17-15-13-11-9-7-2/h8,10,14,16,20,22,26,28,32,34,38,40,44-45,48,50,54,56,87H,6-7,9,11-13,15,17-19,21,23-25,27,29-31,33,35-37,39,41-43,46-47,49,51-53,55,57-86H2,1-5H3/p+1/b10-8-,16-14-,22-20-,28-26-,34-32-,40-38-,45-44-,50-48-,56-54-. The quantitative estimate of drug-likeness (QED) is 0.0211. The summed E-state index contributed by atoms with van der Waals surface area (Å²) in [5.74, 6) is -0.788. The Morgan fingerprint density at radius 2 is 0.576 bits per heavy atom. The van der Waals surface area contributed by atoms with E-state index in [-0.39, 0.29) is 32.0 Å². The average molecular weight is 1400 g/mol. The Morgan fingerprint density at radius 1 is 0.323 bits per heavy atom. The van der Waals surface area contributed by atoms with Crippen LogP contribution in [0, 0.1) is 0 Å². The predicted octanol–water partition coefficient (Wildman–Crippen LogP) is 28.3. The van der Waals surface area contributed by atoms with Crippen LogP contribution in [0.4, 0.5) is 0 Å². The normalized spacial score (nSPS) is 13.6. The van der Waals surface area contributed by atoms with Gasteiger partial charge < -0.3 is 18.9 Å². The summed E-state index contributed by atoms with van der Waals surface area (Å²) in [5, 5.41) is 0. The number of phosphoric acid groups is 1. The van der Waals surface area contributed by atoms with Gasteiger partial charge in [-0.3, -0.25) is 18.6 Å². The number of hydrogen-bond acceptors (Lipinski definition) is 7. The molecule has 574 valence electrons. The fraction of sp³-hybridized carbons (Fsp3) is 0.775. The third-order valence-corrected chi connectivity index (χ3v) is 19.6. The van der Waals surface area contributed by atoms with Gasteiger partial charge in [-0.1, -0.05) is 406 Å². The van der Waals surface area contributed by atoms with Gasteiger partial charge in [0.1, 0.15) is 19.8 Å². The molecular weight excluding hydrogens is 1240 g/mol. The van der Waals surface area contributed by atoms with Crippen LogP contribution in [0.5, 0.6) is 0 Å². The van der Waals surface area contributed by atoms with Gasteiger partial charge >= 0.3 is 19.8 Å². The zero-order valence-electron chi connectivity index (χ0n) is 65.7. The van der Waals surface area contributed by atoms with Crippen molar-refractivity contribution in [1.29, 1.82) is 0 Å². The molecule has 0 rings (SSSR count). The van der Waals surface area contributed by atoms with Crippen molar-refractivity contribution >= 4 is 19.8 Å². The Bertz CT molecular complexity index is 2040. The topological polar surface area (TPSA) is 108 Å². The molecule has 0 aromatic heterocycles. The smallest absolute Gasteiger partial charge is 0.462 e. The molecule has 2 atom stereocenters. The number of phosphoric ester groups is 1. The highest BCUT2D eigenvalue weighted by Crippen LogP contribution is 2.43. The molecule has 2 unspecified atom stereocenters.